The summed E-state index contributed by atoms with van der Waals surface area (Å²) in [7, 11) is 1.53. The number of hydrogen-bond acceptors (Lipinski definition) is 4. The molecule has 114 valence electrons. The second-order valence-corrected chi connectivity index (χ2v) is 5.37. The van der Waals surface area contributed by atoms with Gasteiger partial charge in [-0.2, -0.15) is 0 Å². The predicted octanol–water partition coefficient (Wildman–Crippen LogP) is 1.77. The Balaban J connectivity index is 2.04. The summed E-state index contributed by atoms with van der Waals surface area (Å²) >= 11 is 3.33. The van der Waals surface area contributed by atoms with Crippen LogP contribution in [-0.4, -0.2) is 54.9 Å². The molecule has 0 radical (unpaired) electrons. The lowest BCUT2D eigenvalue weighted by Gasteiger charge is -2.30. The number of methoxy groups -OCH3 is 1. The molecule has 21 heavy (non-hydrogen) atoms. The fourth-order valence-electron chi connectivity index (χ4n) is 1.94. The molecule has 2 amide bonds. The van der Waals surface area contributed by atoms with Crippen molar-refractivity contribution in [3.63, 3.8) is 0 Å². The van der Waals surface area contributed by atoms with Gasteiger partial charge in [-0.05, 0) is 12.1 Å². The highest BCUT2D eigenvalue weighted by atomic mass is 79.9. The fourth-order valence-corrected chi connectivity index (χ4v) is 2.41. The van der Waals surface area contributed by atoms with E-state index < -0.39 is 12.1 Å². The average Bonchev–Trinajstić information content (AvgIpc) is 2.46. The number of anilines is 1. The van der Waals surface area contributed by atoms with Gasteiger partial charge in [0.05, 0.1) is 20.3 Å². The Labute approximate surface area is 130 Å². The third kappa shape index (κ3) is 4.08. The van der Waals surface area contributed by atoms with Crippen molar-refractivity contribution >= 4 is 33.6 Å². The number of nitrogens with zero attached hydrogens (tertiary/aromatic N) is 1. The molecule has 8 heteroatoms. The number of benzene rings is 1. The molecule has 1 aromatic rings. The molecule has 2 N–H and O–H groups in total. The number of amides is 2. The van der Waals surface area contributed by atoms with Crippen LogP contribution in [-0.2, 0) is 9.53 Å². The smallest absolute Gasteiger partial charge is 0.334 e. The number of halogens is 1. The number of ether oxygens (including phenoxy) is 2. The molecular formula is C13H15BrN2O5. The molecule has 1 aliphatic rings. The molecule has 1 fully saturated rings. The molecule has 1 atom stereocenters. The highest BCUT2D eigenvalue weighted by molar-refractivity contribution is 9.10. The number of rotatable bonds is 3. The minimum atomic E-state index is -1.07. The number of aliphatic carboxylic acids is 1. The largest absolute Gasteiger partial charge is 0.497 e. The van der Waals surface area contributed by atoms with Crippen molar-refractivity contribution in [2.75, 3.05) is 32.1 Å². The summed E-state index contributed by atoms with van der Waals surface area (Å²) < 4.78 is 11.0. The summed E-state index contributed by atoms with van der Waals surface area (Å²) in [6.45, 7) is 0.569. The van der Waals surface area contributed by atoms with Crippen molar-refractivity contribution in [3.8, 4) is 5.75 Å². The number of morpholine rings is 1. The Morgan fingerprint density at radius 3 is 2.90 bits per heavy atom. The van der Waals surface area contributed by atoms with Crippen molar-refractivity contribution in [1.82, 2.24) is 4.90 Å². The quantitative estimate of drug-likeness (QED) is 0.859. The predicted molar refractivity (Wildman–Crippen MR) is 78.7 cm³/mol. The Bertz CT molecular complexity index is 551. The number of carbonyl (C=O) groups excluding carboxylic acids is 1. The van der Waals surface area contributed by atoms with Crippen LogP contribution in [0, 0.1) is 0 Å². The van der Waals surface area contributed by atoms with Gasteiger partial charge in [-0.25, -0.2) is 9.59 Å². The van der Waals surface area contributed by atoms with Gasteiger partial charge in [-0.3, -0.25) is 0 Å². The second kappa shape index (κ2) is 6.77. The maximum Gasteiger partial charge on any atom is 0.334 e. The van der Waals surface area contributed by atoms with E-state index in [4.69, 9.17) is 14.6 Å². The summed E-state index contributed by atoms with van der Waals surface area (Å²) in [6.07, 6.45) is -0.985. The van der Waals surface area contributed by atoms with Crippen molar-refractivity contribution in [3.05, 3.63) is 22.7 Å². The highest BCUT2D eigenvalue weighted by Crippen LogP contribution is 2.24. The third-order valence-corrected chi connectivity index (χ3v) is 3.45. The van der Waals surface area contributed by atoms with Gasteiger partial charge in [0.15, 0.2) is 6.10 Å². The van der Waals surface area contributed by atoms with Gasteiger partial charge in [-0.1, -0.05) is 15.9 Å². The van der Waals surface area contributed by atoms with Crippen molar-refractivity contribution in [2.24, 2.45) is 0 Å². The first-order chi connectivity index (χ1) is 9.99. The van der Waals surface area contributed by atoms with Crippen LogP contribution in [0.1, 0.15) is 0 Å². The van der Waals surface area contributed by atoms with E-state index in [0.717, 1.165) is 4.47 Å². The maximum absolute atomic E-state index is 12.2. The zero-order chi connectivity index (χ0) is 15.4. The van der Waals surface area contributed by atoms with Crippen molar-refractivity contribution < 1.29 is 24.2 Å². The van der Waals surface area contributed by atoms with E-state index in [1.807, 2.05) is 0 Å². The Hall–Kier alpha value is -1.80. The van der Waals surface area contributed by atoms with E-state index in [9.17, 15) is 9.59 Å². The van der Waals surface area contributed by atoms with Crippen molar-refractivity contribution in [2.45, 2.75) is 6.10 Å². The molecule has 1 aromatic carbocycles. The number of nitrogens with one attached hydrogen (secondary N) is 1. The topological polar surface area (TPSA) is 88.1 Å². The SMILES string of the molecule is COc1cc(Br)cc(NC(=O)N2CCOC(C(=O)O)C2)c1. The number of carboxylic acids is 1. The minimum Gasteiger partial charge on any atom is -0.497 e. The van der Waals surface area contributed by atoms with Crippen LogP contribution in [0.2, 0.25) is 0 Å². The lowest BCUT2D eigenvalue weighted by molar-refractivity contribution is -0.154. The van der Waals surface area contributed by atoms with Gasteiger partial charge in [-0.15, -0.1) is 0 Å². The van der Waals surface area contributed by atoms with Crippen LogP contribution in [0.15, 0.2) is 22.7 Å². The third-order valence-electron chi connectivity index (χ3n) is 2.99. The van der Waals surface area contributed by atoms with Gasteiger partial charge in [0.2, 0.25) is 0 Å². The molecule has 0 aromatic heterocycles. The summed E-state index contributed by atoms with van der Waals surface area (Å²) in [5.41, 5.74) is 0.560. The number of carbonyl (C=O) groups is 2. The normalized spacial score (nSPS) is 18.2. The molecule has 1 heterocycles. The summed E-state index contributed by atoms with van der Waals surface area (Å²) in [5.74, 6) is -0.471. The first-order valence-electron chi connectivity index (χ1n) is 6.24. The zero-order valence-corrected chi connectivity index (χ0v) is 12.9. The highest BCUT2D eigenvalue weighted by Gasteiger charge is 2.29. The van der Waals surface area contributed by atoms with E-state index >= 15 is 0 Å². The Morgan fingerprint density at radius 2 is 2.24 bits per heavy atom. The monoisotopic (exact) mass is 358 g/mol. The van der Waals surface area contributed by atoms with Crippen LogP contribution in [0.4, 0.5) is 10.5 Å². The summed E-state index contributed by atoms with van der Waals surface area (Å²) in [4.78, 5) is 24.5. The minimum absolute atomic E-state index is 0.0201. The summed E-state index contributed by atoms with van der Waals surface area (Å²) in [6, 6.07) is 4.81. The molecule has 0 spiro atoms. The molecule has 0 aliphatic carbocycles. The van der Waals surface area contributed by atoms with Gasteiger partial charge in [0.25, 0.3) is 0 Å². The zero-order valence-electron chi connectivity index (χ0n) is 11.3. The van der Waals surface area contributed by atoms with Crippen molar-refractivity contribution in [1.29, 1.82) is 0 Å². The van der Waals surface area contributed by atoms with Gasteiger partial charge >= 0.3 is 12.0 Å². The van der Waals surface area contributed by atoms with Crippen LogP contribution >= 0.6 is 15.9 Å². The first-order valence-corrected chi connectivity index (χ1v) is 7.04. The molecule has 0 saturated carbocycles. The standard InChI is InChI=1S/C13H15BrN2O5/c1-20-10-5-8(14)4-9(6-10)15-13(19)16-2-3-21-11(7-16)12(17)18/h4-6,11H,2-3,7H2,1H3,(H,15,19)(H,17,18). The van der Waals surface area contributed by atoms with E-state index in [2.05, 4.69) is 21.2 Å². The van der Waals surface area contributed by atoms with E-state index in [1.165, 1.54) is 12.0 Å². The van der Waals surface area contributed by atoms with Crippen LogP contribution in [0.5, 0.6) is 5.75 Å². The maximum atomic E-state index is 12.2. The average molecular weight is 359 g/mol. The van der Waals surface area contributed by atoms with E-state index in [0.29, 0.717) is 18.0 Å². The van der Waals surface area contributed by atoms with E-state index in [-0.39, 0.29) is 19.2 Å². The second-order valence-electron chi connectivity index (χ2n) is 4.45. The Kier molecular flexibility index (Phi) is 5.03. The van der Waals surface area contributed by atoms with Crippen LogP contribution < -0.4 is 10.1 Å². The number of hydrogen-bond donors (Lipinski definition) is 2. The molecule has 0 bridgehead atoms. The van der Waals surface area contributed by atoms with Crippen LogP contribution in [0.3, 0.4) is 0 Å². The van der Waals surface area contributed by atoms with Gasteiger partial charge < -0.3 is 24.8 Å². The van der Waals surface area contributed by atoms with Crippen LogP contribution in [0.25, 0.3) is 0 Å². The number of urea groups is 1. The van der Waals surface area contributed by atoms with Gasteiger partial charge in [0, 0.05) is 22.8 Å². The summed E-state index contributed by atoms with van der Waals surface area (Å²) in [5, 5.41) is 11.6. The first kappa shape index (κ1) is 15.6. The molecule has 2 rings (SSSR count). The lowest BCUT2D eigenvalue weighted by atomic mass is 10.2. The molecule has 1 saturated heterocycles. The van der Waals surface area contributed by atoms with Gasteiger partial charge in [0.1, 0.15) is 5.75 Å². The number of carboxylic acid groups (broad SMARTS) is 1. The Morgan fingerprint density at radius 1 is 1.48 bits per heavy atom. The fraction of sp³-hybridized carbons (Fsp3) is 0.385. The van der Waals surface area contributed by atoms with E-state index in [1.54, 1.807) is 18.2 Å². The molecular weight excluding hydrogens is 344 g/mol. The molecule has 7 nitrogen and oxygen atoms in total. The molecule has 1 unspecified atom stereocenters. The lowest BCUT2D eigenvalue weighted by Crippen LogP contribution is -2.49. The molecule has 1 aliphatic heterocycles.